The molecule has 33 heavy (non-hydrogen) atoms. The molecule has 2 unspecified atom stereocenters. The number of likely N-dealkylation sites (N-methyl/N-ethyl adjacent to an activating group) is 1. The van der Waals surface area contributed by atoms with E-state index in [-0.39, 0.29) is 30.9 Å². The fraction of sp³-hybridized carbons (Fsp3) is 0.423. The summed E-state index contributed by atoms with van der Waals surface area (Å²) in [5.41, 5.74) is 4.51. The fourth-order valence-corrected chi connectivity index (χ4v) is 4.27. The van der Waals surface area contributed by atoms with E-state index >= 15 is 0 Å². The predicted molar refractivity (Wildman–Crippen MR) is 126 cm³/mol. The molecule has 176 valence electrons. The number of aliphatic carboxylic acids is 1. The Hall–Kier alpha value is -3.35. The second-order valence-corrected chi connectivity index (χ2v) is 8.79. The van der Waals surface area contributed by atoms with Gasteiger partial charge in [-0.1, -0.05) is 75.7 Å². The summed E-state index contributed by atoms with van der Waals surface area (Å²) in [6.45, 7) is 5.58. The summed E-state index contributed by atoms with van der Waals surface area (Å²) >= 11 is 0. The topological polar surface area (TPSA) is 95.9 Å². The number of benzene rings is 2. The van der Waals surface area contributed by atoms with Crippen molar-refractivity contribution in [2.75, 3.05) is 20.2 Å². The van der Waals surface area contributed by atoms with Gasteiger partial charge in [0.15, 0.2) is 0 Å². The van der Waals surface area contributed by atoms with Gasteiger partial charge in [0.05, 0.1) is 5.92 Å². The molecule has 0 bridgehead atoms. The molecule has 2 amide bonds. The minimum absolute atomic E-state index is 0.0630. The molecule has 0 saturated heterocycles. The number of carbonyl (C=O) groups is 3. The quantitative estimate of drug-likeness (QED) is 0.597. The van der Waals surface area contributed by atoms with Crippen LogP contribution in [-0.4, -0.2) is 54.2 Å². The summed E-state index contributed by atoms with van der Waals surface area (Å²) in [6.07, 6.45) is 0.0118. The summed E-state index contributed by atoms with van der Waals surface area (Å²) in [4.78, 5) is 38.2. The maximum absolute atomic E-state index is 13.0. The van der Waals surface area contributed by atoms with E-state index in [1.807, 2.05) is 50.2 Å². The SMILES string of the molecule is CCC(C)[C@H](NC(=O)OCC1c2ccccc2-c2ccccc21)C(=O)N(C)CC(C)C(=O)O. The maximum atomic E-state index is 13.0. The van der Waals surface area contributed by atoms with Gasteiger partial charge in [-0.25, -0.2) is 4.79 Å². The molecule has 0 radical (unpaired) electrons. The van der Waals surface area contributed by atoms with Crippen LogP contribution in [0.4, 0.5) is 4.79 Å². The Labute approximate surface area is 194 Å². The van der Waals surface area contributed by atoms with E-state index in [1.54, 1.807) is 14.0 Å². The Kier molecular flexibility index (Phi) is 7.74. The molecule has 7 nitrogen and oxygen atoms in total. The highest BCUT2D eigenvalue weighted by atomic mass is 16.5. The molecule has 0 aromatic heterocycles. The van der Waals surface area contributed by atoms with E-state index in [0.717, 1.165) is 22.3 Å². The molecular weight excluding hydrogens is 420 g/mol. The Balaban J connectivity index is 1.68. The molecule has 0 aliphatic heterocycles. The Morgan fingerprint density at radius 2 is 1.58 bits per heavy atom. The highest BCUT2D eigenvalue weighted by Gasteiger charge is 2.32. The maximum Gasteiger partial charge on any atom is 0.407 e. The first-order valence-electron chi connectivity index (χ1n) is 11.3. The highest BCUT2D eigenvalue weighted by molar-refractivity contribution is 5.86. The number of hydrogen-bond donors (Lipinski definition) is 2. The Morgan fingerprint density at radius 3 is 2.09 bits per heavy atom. The van der Waals surface area contributed by atoms with Crippen molar-refractivity contribution < 1.29 is 24.2 Å². The summed E-state index contributed by atoms with van der Waals surface area (Å²) in [6, 6.07) is 15.4. The number of rotatable bonds is 9. The monoisotopic (exact) mass is 452 g/mol. The number of carboxylic acids is 1. The molecule has 2 aromatic rings. The zero-order valence-electron chi connectivity index (χ0n) is 19.6. The van der Waals surface area contributed by atoms with Crippen molar-refractivity contribution in [1.29, 1.82) is 0 Å². The average Bonchev–Trinajstić information content (AvgIpc) is 3.13. The second-order valence-electron chi connectivity index (χ2n) is 8.79. The molecule has 0 saturated carbocycles. The van der Waals surface area contributed by atoms with Crippen LogP contribution < -0.4 is 5.32 Å². The first-order chi connectivity index (χ1) is 15.7. The number of ether oxygens (including phenoxy) is 1. The molecule has 1 aliphatic carbocycles. The second kappa shape index (κ2) is 10.5. The van der Waals surface area contributed by atoms with Gasteiger partial charge in [0, 0.05) is 19.5 Å². The van der Waals surface area contributed by atoms with Crippen LogP contribution in [-0.2, 0) is 14.3 Å². The normalized spacial score (nSPS) is 15.0. The van der Waals surface area contributed by atoms with E-state index in [4.69, 9.17) is 9.84 Å². The van der Waals surface area contributed by atoms with Crippen LogP contribution >= 0.6 is 0 Å². The third kappa shape index (κ3) is 5.35. The molecule has 0 heterocycles. The standard InChI is InChI=1S/C26H32N2O5/c1-5-16(2)23(24(29)28(4)14-17(3)25(30)31)27-26(32)33-15-22-20-12-8-6-10-18(20)19-11-7-9-13-21(19)22/h6-13,16-17,22-23H,5,14-15H2,1-4H3,(H,27,32)(H,30,31)/t16?,17?,23-/m0/s1. The number of hydrogen-bond acceptors (Lipinski definition) is 4. The van der Waals surface area contributed by atoms with Crippen LogP contribution in [0, 0.1) is 11.8 Å². The summed E-state index contributed by atoms with van der Waals surface area (Å²) in [5, 5.41) is 11.9. The third-order valence-corrected chi connectivity index (χ3v) is 6.44. The van der Waals surface area contributed by atoms with Crippen LogP contribution in [0.5, 0.6) is 0 Å². The summed E-state index contributed by atoms with van der Waals surface area (Å²) < 4.78 is 5.60. The zero-order chi connectivity index (χ0) is 24.1. The van der Waals surface area contributed by atoms with Gasteiger partial charge in [0.25, 0.3) is 0 Å². The lowest BCUT2D eigenvalue weighted by Gasteiger charge is -2.29. The first-order valence-corrected chi connectivity index (χ1v) is 11.3. The molecule has 0 spiro atoms. The lowest BCUT2D eigenvalue weighted by Crippen LogP contribution is -2.52. The average molecular weight is 453 g/mol. The van der Waals surface area contributed by atoms with Crippen molar-refractivity contribution in [1.82, 2.24) is 10.2 Å². The largest absolute Gasteiger partial charge is 0.481 e. The lowest BCUT2D eigenvalue weighted by atomic mass is 9.97. The van der Waals surface area contributed by atoms with Crippen molar-refractivity contribution in [3.05, 3.63) is 59.7 Å². The summed E-state index contributed by atoms with van der Waals surface area (Å²) in [7, 11) is 1.55. The van der Waals surface area contributed by atoms with Gasteiger partial charge < -0.3 is 20.1 Å². The predicted octanol–water partition coefficient (Wildman–Crippen LogP) is 4.12. The van der Waals surface area contributed by atoms with Crippen molar-refractivity contribution in [2.24, 2.45) is 11.8 Å². The van der Waals surface area contributed by atoms with Gasteiger partial charge in [-0.05, 0) is 28.2 Å². The van der Waals surface area contributed by atoms with Gasteiger partial charge >= 0.3 is 12.1 Å². The number of carboxylic acid groups (broad SMARTS) is 1. The molecular formula is C26H32N2O5. The molecule has 1 aliphatic rings. The van der Waals surface area contributed by atoms with E-state index in [1.165, 1.54) is 4.90 Å². The fourth-order valence-electron chi connectivity index (χ4n) is 4.27. The van der Waals surface area contributed by atoms with Crippen LogP contribution in [0.15, 0.2) is 48.5 Å². The molecule has 3 rings (SSSR count). The molecule has 7 heteroatoms. The van der Waals surface area contributed by atoms with Gasteiger partial charge in [-0.15, -0.1) is 0 Å². The number of fused-ring (bicyclic) bond motifs is 3. The smallest absolute Gasteiger partial charge is 0.407 e. The minimum atomic E-state index is -0.973. The van der Waals surface area contributed by atoms with Gasteiger partial charge in [-0.3, -0.25) is 9.59 Å². The lowest BCUT2D eigenvalue weighted by molar-refractivity contribution is -0.143. The first kappa shape index (κ1) is 24.3. The number of nitrogens with zero attached hydrogens (tertiary/aromatic N) is 1. The van der Waals surface area contributed by atoms with Crippen molar-refractivity contribution >= 4 is 18.0 Å². The van der Waals surface area contributed by atoms with Gasteiger partial charge in [0.2, 0.25) is 5.91 Å². The molecule has 2 aromatic carbocycles. The van der Waals surface area contributed by atoms with Crippen LogP contribution in [0.2, 0.25) is 0 Å². The van der Waals surface area contributed by atoms with E-state index in [0.29, 0.717) is 6.42 Å². The summed E-state index contributed by atoms with van der Waals surface area (Å²) in [5.74, 6) is -2.21. The number of alkyl carbamates (subject to hydrolysis) is 1. The Bertz CT molecular complexity index is 976. The van der Waals surface area contributed by atoms with Crippen LogP contribution in [0.1, 0.15) is 44.2 Å². The molecule has 3 atom stereocenters. The molecule has 0 fully saturated rings. The van der Waals surface area contributed by atoms with Crippen LogP contribution in [0.3, 0.4) is 0 Å². The Morgan fingerprint density at radius 1 is 1.03 bits per heavy atom. The van der Waals surface area contributed by atoms with E-state index in [9.17, 15) is 14.4 Å². The van der Waals surface area contributed by atoms with E-state index in [2.05, 4.69) is 17.4 Å². The number of nitrogens with one attached hydrogen (secondary N) is 1. The molecule has 2 N–H and O–H groups in total. The zero-order valence-corrected chi connectivity index (χ0v) is 19.6. The third-order valence-electron chi connectivity index (χ3n) is 6.44. The minimum Gasteiger partial charge on any atom is -0.481 e. The van der Waals surface area contributed by atoms with Gasteiger partial charge in [0.1, 0.15) is 12.6 Å². The van der Waals surface area contributed by atoms with Crippen LogP contribution in [0.25, 0.3) is 11.1 Å². The number of amides is 2. The van der Waals surface area contributed by atoms with Gasteiger partial charge in [-0.2, -0.15) is 0 Å². The number of carbonyl (C=O) groups excluding carboxylic acids is 2. The van der Waals surface area contributed by atoms with Crippen molar-refractivity contribution in [3.63, 3.8) is 0 Å². The van der Waals surface area contributed by atoms with Crippen molar-refractivity contribution in [2.45, 2.75) is 39.2 Å². The van der Waals surface area contributed by atoms with E-state index < -0.39 is 24.0 Å². The van der Waals surface area contributed by atoms with Crippen molar-refractivity contribution in [3.8, 4) is 11.1 Å². The highest BCUT2D eigenvalue weighted by Crippen LogP contribution is 2.44.